The molecule has 1 aliphatic heterocycles. The highest BCUT2D eigenvalue weighted by molar-refractivity contribution is 6.35. The molecule has 1 N–H and O–H groups in total. The Hall–Kier alpha value is -1.28. The first-order valence-electron chi connectivity index (χ1n) is 4.37. The highest BCUT2D eigenvalue weighted by Crippen LogP contribution is 2.34. The first kappa shape index (κ1) is 9.28. The number of benzene rings is 1. The summed E-state index contributed by atoms with van der Waals surface area (Å²) in [6.07, 6.45) is 2.43. The lowest BCUT2D eigenvalue weighted by molar-refractivity contribution is -0.108. The van der Waals surface area contributed by atoms with E-state index >= 15 is 0 Å². The number of carbonyl (C=O) groups is 1. The van der Waals surface area contributed by atoms with Gasteiger partial charge in [0.1, 0.15) is 0 Å². The normalized spacial score (nSPS) is 24.6. The molecule has 1 atom stereocenters. The summed E-state index contributed by atoms with van der Waals surface area (Å²) in [5, 5.41) is 2.97. The lowest BCUT2D eigenvalue weighted by Crippen LogP contribution is -2.34. The van der Waals surface area contributed by atoms with E-state index in [0.29, 0.717) is 6.29 Å². The molecule has 0 radical (unpaired) electrons. The smallest absolute Gasteiger partial charge is 0.188 e. The molecule has 1 aliphatic rings. The average Bonchev–Trinajstić information content (AvgIpc) is 2.18. The van der Waals surface area contributed by atoms with E-state index in [9.17, 15) is 4.79 Å². The SMILES string of the molecule is CC1=CC(Cl)(C=O)Nc2ccccc21. The van der Waals surface area contributed by atoms with Gasteiger partial charge in [0.15, 0.2) is 11.3 Å². The number of halogens is 1. The van der Waals surface area contributed by atoms with Crippen LogP contribution in [0.25, 0.3) is 5.57 Å². The van der Waals surface area contributed by atoms with Crippen LogP contribution in [-0.2, 0) is 4.79 Å². The Kier molecular flexibility index (Phi) is 2.08. The Morgan fingerprint density at radius 2 is 2.14 bits per heavy atom. The molecule has 2 rings (SSSR count). The molecule has 1 heterocycles. The number of carbonyl (C=O) groups excluding carboxylic acids is 1. The summed E-state index contributed by atoms with van der Waals surface area (Å²) in [5.74, 6) is 0. The van der Waals surface area contributed by atoms with Crippen molar-refractivity contribution in [3.63, 3.8) is 0 Å². The molecular weight excluding hydrogens is 198 g/mol. The lowest BCUT2D eigenvalue weighted by Gasteiger charge is -2.27. The summed E-state index contributed by atoms with van der Waals surface area (Å²) in [4.78, 5) is 9.71. The van der Waals surface area contributed by atoms with Crippen molar-refractivity contribution in [2.75, 3.05) is 5.32 Å². The fourth-order valence-electron chi connectivity index (χ4n) is 1.63. The number of para-hydroxylation sites is 1. The summed E-state index contributed by atoms with van der Waals surface area (Å²) in [7, 11) is 0. The molecule has 1 unspecified atom stereocenters. The van der Waals surface area contributed by atoms with Gasteiger partial charge in [0.25, 0.3) is 0 Å². The standard InChI is InChI=1S/C11H10ClNO/c1-8-6-11(12,7-14)13-10-5-3-2-4-9(8)10/h2-7,13H,1H3. The Balaban J connectivity index is 2.54. The second-order valence-corrected chi connectivity index (χ2v) is 4.01. The van der Waals surface area contributed by atoms with E-state index < -0.39 is 5.00 Å². The van der Waals surface area contributed by atoms with Gasteiger partial charge in [-0.05, 0) is 24.6 Å². The van der Waals surface area contributed by atoms with E-state index in [2.05, 4.69) is 5.32 Å². The zero-order valence-corrected chi connectivity index (χ0v) is 8.51. The van der Waals surface area contributed by atoms with Crippen LogP contribution in [0, 0.1) is 0 Å². The minimum atomic E-state index is -1.08. The van der Waals surface area contributed by atoms with Crippen molar-refractivity contribution in [1.29, 1.82) is 0 Å². The van der Waals surface area contributed by atoms with Crippen molar-refractivity contribution in [1.82, 2.24) is 0 Å². The lowest BCUT2D eigenvalue weighted by atomic mass is 9.98. The van der Waals surface area contributed by atoms with Gasteiger partial charge in [0.05, 0.1) is 0 Å². The number of hydrogen-bond donors (Lipinski definition) is 1. The molecule has 1 aromatic carbocycles. The van der Waals surface area contributed by atoms with E-state index in [1.807, 2.05) is 31.2 Å². The third kappa shape index (κ3) is 1.42. The summed E-state index contributed by atoms with van der Waals surface area (Å²) >= 11 is 6.03. The number of allylic oxidation sites excluding steroid dienone is 1. The van der Waals surface area contributed by atoms with Gasteiger partial charge < -0.3 is 5.32 Å². The van der Waals surface area contributed by atoms with Crippen molar-refractivity contribution >= 4 is 29.1 Å². The average molecular weight is 208 g/mol. The monoisotopic (exact) mass is 207 g/mol. The second-order valence-electron chi connectivity index (χ2n) is 3.38. The zero-order chi connectivity index (χ0) is 10.2. The van der Waals surface area contributed by atoms with Gasteiger partial charge >= 0.3 is 0 Å². The quantitative estimate of drug-likeness (QED) is 0.436. The van der Waals surface area contributed by atoms with Gasteiger partial charge in [-0.3, -0.25) is 4.79 Å². The first-order valence-corrected chi connectivity index (χ1v) is 4.75. The van der Waals surface area contributed by atoms with Crippen LogP contribution in [0.3, 0.4) is 0 Å². The van der Waals surface area contributed by atoms with Gasteiger partial charge in [-0.25, -0.2) is 0 Å². The number of hydrogen-bond acceptors (Lipinski definition) is 2. The predicted molar refractivity (Wildman–Crippen MR) is 58.4 cm³/mol. The van der Waals surface area contributed by atoms with E-state index in [4.69, 9.17) is 11.6 Å². The van der Waals surface area contributed by atoms with Crippen LogP contribution in [0.5, 0.6) is 0 Å². The second kappa shape index (κ2) is 3.14. The van der Waals surface area contributed by atoms with Gasteiger partial charge in [-0.15, -0.1) is 0 Å². The van der Waals surface area contributed by atoms with Gasteiger partial charge in [-0.2, -0.15) is 0 Å². The minimum Gasteiger partial charge on any atom is -0.357 e. The number of rotatable bonds is 1. The highest BCUT2D eigenvalue weighted by Gasteiger charge is 2.28. The van der Waals surface area contributed by atoms with Crippen LogP contribution < -0.4 is 5.32 Å². The number of alkyl halides is 1. The maximum absolute atomic E-state index is 10.8. The Morgan fingerprint density at radius 1 is 1.43 bits per heavy atom. The van der Waals surface area contributed by atoms with Crippen LogP contribution in [0.15, 0.2) is 30.3 Å². The summed E-state index contributed by atoms with van der Waals surface area (Å²) < 4.78 is 0. The third-order valence-corrected chi connectivity index (χ3v) is 2.57. The molecule has 0 spiro atoms. The molecule has 0 bridgehead atoms. The molecule has 3 heteroatoms. The van der Waals surface area contributed by atoms with Crippen LogP contribution in [0.1, 0.15) is 12.5 Å². The van der Waals surface area contributed by atoms with Crippen LogP contribution in [0.4, 0.5) is 5.69 Å². The maximum atomic E-state index is 10.8. The van der Waals surface area contributed by atoms with E-state index in [1.54, 1.807) is 6.08 Å². The van der Waals surface area contributed by atoms with Crippen molar-refractivity contribution in [2.45, 2.75) is 11.9 Å². The molecule has 0 aliphatic carbocycles. The van der Waals surface area contributed by atoms with Crippen molar-refractivity contribution in [3.8, 4) is 0 Å². The number of aldehydes is 1. The van der Waals surface area contributed by atoms with E-state index in [-0.39, 0.29) is 0 Å². The fourth-order valence-corrected chi connectivity index (χ4v) is 1.90. The van der Waals surface area contributed by atoms with Crippen LogP contribution >= 0.6 is 11.6 Å². The van der Waals surface area contributed by atoms with Crippen LogP contribution in [0.2, 0.25) is 0 Å². The summed E-state index contributed by atoms with van der Waals surface area (Å²) in [6.45, 7) is 1.94. The van der Waals surface area contributed by atoms with Gasteiger partial charge in [-0.1, -0.05) is 29.8 Å². The Morgan fingerprint density at radius 3 is 2.86 bits per heavy atom. The number of nitrogens with one attached hydrogen (secondary N) is 1. The Labute approximate surface area is 87.6 Å². The molecule has 0 aromatic heterocycles. The first-order chi connectivity index (χ1) is 6.64. The molecule has 0 saturated carbocycles. The van der Waals surface area contributed by atoms with Crippen LogP contribution in [-0.4, -0.2) is 11.3 Å². The van der Waals surface area contributed by atoms with Crippen molar-refractivity contribution < 1.29 is 4.79 Å². The predicted octanol–water partition coefficient (Wildman–Crippen LogP) is 2.65. The van der Waals surface area contributed by atoms with Crippen molar-refractivity contribution in [2.24, 2.45) is 0 Å². The van der Waals surface area contributed by atoms with Gasteiger partial charge in [0.2, 0.25) is 0 Å². The van der Waals surface area contributed by atoms with Crippen molar-refractivity contribution in [3.05, 3.63) is 35.9 Å². The third-order valence-electron chi connectivity index (χ3n) is 2.28. The van der Waals surface area contributed by atoms with E-state index in [0.717, 1.165) is 16.8 Å². The fraction of sp³-hybridized carbons (Fsp3) is 0.182. The minimum absolute atomic E-state index is 0.702. The molecule has 1 aromatic rings. The molecular formula is C11H10ClNO. The summed E-state index contributed by atoms with van der Waals surface area (Å²) in [6, 6.07) is 7.77. The molecule has 0 fully saturated rings. The molecule has 2 nitrogen and oxygen atoms in total. The van der Waals surface area contributed by atoms with E-state index in [1.165, 1.54) is 0 Å². The number of fused-ring (bicyclic) bond motifs is 1. The Bertz CT molecular complexity index is 414. The number of anilines is 1. The highest BCUT2D eigenvalue weighted by atomic mass is 35.5. The summed E-state index contributed by atoms with van der Waals surface area (Å²) in [5.41, 5.74) is 3.00. The van der Waals surface area contributed by atoms with Gasteiger partial charge in [0, 0.05) is 11.3 Å². The molecule has 72 valence electrons. The molecule has 0 amide bonds. The molecule has 14 heavy (non-hydrogen) atoms. The topological polar surface area (TPSA) is 29.1 Å². The zero-order valence-electron chi connectivity index (χ0n) is 7.75. The largest absolute Gasteiger partial charge is 0.357 e. The maximum Gasteiger partial charge on any atom is 0.188 e. The molecule has 0 saturated heterocycles.